The van der Waals surface area contributed by atoms with Crippen molar-refractivity contribution in [3.05, 3.63) is 91.8 Å². The number of benzene rings is 3. The second-order valence-corrected chi connectivity index (χ2v) is 8.23. The van der Waals surface area contributed by atoms with Crippen LogP contribution >= 0.6 is 22.6 Å². The first-order valence-electron chi connectivity index (χ1n) is 9.53. The number of alkyl halides is 3. The van der Waals surface area contributed by atoms with Gasteiger partial charge in [-0.1, -0.05) is 12.1 Å². The topological polar surface area (TPSA) is 56.1 Å². The van der Waals surface area contributed by atoms with E-state index < -0.39 is 11.7 Å². The molecule has 1 aromatic heterocycles. The zero-order valence-corrected chi connectivity index (χ0v) is 18.9. The van der Waals surface area contributed by atoms with Gasteiger partial charge >= 0.3 is 6.18 Å². The molecule has 0 amide bonds. The van der Waals surface area contributed by atoms with Gasteiger partial charge in [-0.05, 0) is 82.8 Å². The minimum Gasteiger partial charge on any atom is -0.497 e. The van der Waals surface area contributed by atoms with Crippen LogP contribution < -0.4 is 15.6 Å². The Hall–Kier alpha value is -3.08. The highest BCUT2D eigenvalue weighted by Gasteiger charge is 2.30. The predicted octanol–water partition coefficient (Wildman–Crippen LogP) is 5.63. The van der Waals surface area contributed by atoms with Gasteiger partial charge in [-0.15, -0.1) is 0 Å². The van der Waals surface area contributed by atoms with Gasteiger partial charge in [0.2, 0.25) is 5.95 Å². The highest BCUT2D eigenvalue weighted by atomic mass is 127. The molecule has 0 atom stereocenters. The fraction of sp³-hybridized carbons (Fsp3) is 0.130. The summed E-state index contributed by atoms with van der Waals surface area (Å²) in [4.78, 5) is 17.9. The van der Waals surface area contributed by atoms with Crippen molar-refractivity contribution < 1.29 is 17.9 Å². The van der Waals surface area contributed by atoms with E-state index in [-0.39, 0.29) is 17.2 Å². The summed E-state index contributed by atoms with van der Waals surface area (Å²) in [5.74, 6) is 0.952. The van der Waals surface area contributed by atoms with Crippen LogP contribution in [0.25, 0.3) is 16.6 Å². The van der Waals surface area contributed by atoms with Crippen LogP contribution in [0.2, 0.25) is 0 Å². The van der Waals surface area contributed by atoms with Crippen molar-refractivity contribution in [2.24, 2.45) is 0 Å². The van der Waals surface area contributed by atoms with E-state index in [2.05, 4.69) is 32.9 Å². The van der Waals surface area contributed by atoms with Crippen LogP contribution in [0.1, 0.15) is 11.1 Å². The molecule has 0 saturated carbocycles. The van der Waals surface area contributed by atoms with Crippen LogP contribution in [0.5, 0.6) is 5.75 Å². The van der Waals surface area contributed by atoms with Crippen LogP contribution in [0.4, 0.5) is 19.1 Å². The van der Waals surface area contributed by atoms with E-state index in [9.17, 15) is 18.0 Å². The lowest BCUT2D eigenvalue weighted by molar-refractivity contribution is -0.137. The Morgan fingerprint density at radius 1 is 1.03 bits per heavy atom. The Balaban J connectivity index is 1.79. The van der Waals surface area contributed by atoms with Gasteiger partial charge in [0, 0.05) is 10.1 Å². The maximum absolute atomic E-state index is 13.3. The van der Waals surface area contributed by atoms with E-state index >= 15 is 0 Å². The Kier molecular flexibility index (Phi) is 6.09. The summed E-state index contributed by atoms with van der Waals surface area (Å²) in [5, 5.41) is 3.53. The molecule has 164 valence electrons. The van der Waals surface area contributed by atoms with Crippen LogP contribution in [0.15, 0.2) is 71.5 Å². The van der Waals surface area contributed by atoms with E-state index in [0.29, 0.717) is 23.2 Å². The number of rotatable bonds is 5. The third-order valence-corrected chi connectivity index (χ3v) is 5.56. The largest absolute Gasteiger partial charge is 0.497 e. The molecule has 0 unspecified atom stereocenters. The fourth-order valence-corrected chi connectivity index (χ4v) is 3.73. The molecule has 1 heterocycles. The lowest BCUT2D eigenvalue weighted by Crippen LogP contribution is -2.24. The number of anilines is 1. The zero-order chi connectivity index (χ0) is 22.9. The third-order valence-electron chi connectivity index (χ3n) is 4.89. The number of hydrogen-bond acceptors (Lipinski definition) is 4. The minimum atomic E-state index is -4.46. The molecule has 5 nitrogen and oxygen atoms in total. The second-order valence-electron chi connectivity index (χ2n) is 6.98. The molecule has 0 aliphatic heterocycles. The van der Waals surface area contributed by atoms with Crippen molar-refractivity contribution in [1.29, 1.82) is 0 Å². The van der Waals surface area contributed by atoms with Gasteiger partial charge in [-0.25, -0.2) is 9.55 Å². The van der Waals surface area contributed by atoms with Gasteiger partial charge in [-0.2, -0.15) is 13.2 Å². The van der Waals surface area contributed by atoms with Gasteiger partial charge in [0.25, 0.3) is 5.56 Å². The number of aromatic nitrogens is 2. The Morgan fingerprint density at radius 2 is 1.72 bits per heavy atom. The number of fused-ring (bicyclic) bond motifs is 1. The van der Waals surface area contributed by atoms with Gasteiger partial charge in [-0.3, -0.25) is 4.79 Å². The SMILES string of the molecule is COc1ccc(CNc2nc3ccc(I)cc3c(=O)n2-c2ccc(C(F)(F)F)cc2)cc1. The Bertz CT molecular complexity index is 1320. The normalized spacial score (nSPS) is 11.5. The summed E-state index contributed by atoms with van der Waals surface area (Å²) >= 11 is 2.10. The molecule has 0 spiro atoms. The number of methoxy groups -OCH3 is 1. The molecule has 1 N–H and O–H groups in total. The van der Waals surface area contributed by atoms with Crippen molar-refractivity contribution in [3.63, 3.8) is 0 Å². The van der Waals surface area contributed by atoms with E-state index in [1.165, 1.54) is 16.7 Å². The smallest absolute Gasteiger partial charge is 0.416 e. The summed E-state index contributed by atoms with van der Waals surface area (Å²) < 4.78 is 46.3. The second kappa shape index (κ2) is 8.81. The molecular formula is C23H17F3IN3O2. The van der Waals surface area contributed by atoms with Crippen molar-refractivity contribution >= 4 is 39.4 Å². The highest BCUT2D eigenvalue weighted by Crippen LogP contribution is 2.30. The van der Waals surface area contributed by atoms with Gasteiger partial charge in [0.15, 0.2) is 0 Å². The monoisotopic (exact) mass is 551 g/mol. The Labute approximate surface area is 195 Å². The first kappa shape index (κ1) is 22.1. The first-order chi connectivity index (χ1) is 15.3. The third kappa shape index (κ3) is 4.57. The molecule has 0 aliphatic rings. The lowest BCUT2D eigenvalue weighted by Gasteiger charge is -2.16. The fourth-order valence-electron chi connectivity index (χ4n) is 3.24. The van der Waals surface area contributed by atoms with Crippen molar-refractivity contribution in [2.75, 3.05) is 12.4 Å². The molecule has 0 aliphatic carbocycles. The van der Waals surface area contributed by atoms with E-state index in [1.54, 1.807) is 19.2 Å². The number of nitrogens with one attached hydrogen (secondary N) is 1. The maximum Gasteiger partial charge on any atom is 0.416 e. The molecule has 0 radical (unpaired) electrons. The summed E-state index contributed by atoms with van der Waals surface area (Å²) in [6, 6.07) is 17.1. The number of ether oxygens (including phenoxy) is 1. The lowest BCUT2D eigenvalue weighted by atomic mass is 10.2. The highest BCUT2D eigenvalue weighted by molar-refractivity contribution is 14.1. The van der Waals surface area contributed by atoms with E-state index in [0.717, 1.165) is 21.3 Å². The molecule has 4 rings (SSSR count). The van der Waals surface area contributed by atoms with Crippen LogP contribution in [0.3, 0.4) is 0 Å². The van der Waals surface area contributed by atoms with Crippen LogP contribution in [-0.2, 0) is 12.7 Å². The molecule has 0 bridgehead atoms. The molecule has 4 aromatic rings. The predicted molar refractivity (Wildman–Crippen MR) is 125 cm³/mol. The van der Waals surface area contributed by atoms with Gasteiger partial charge in [0.1, 0.15) is 5.75 Å². The van der Waals surface area contributed by atoms with Crippen molar-refractivity contribution in [2.45, 2.75) is 12.7 Å². The average molecular weight is 551 g/mol. The Morgan fingerprint density at radius 3 is 2.34 bits per heavy atom. The van der Waals surface area contributed by atoms with Gasteiger partial charge < -0.3 is 10.1 Å². The average Bonchev–Trinajstić information content (AvgIpc) is 2.78. The number of nitrogens with zero attached hydrogens (tertiary/aromatic N) is 2. The summed E-state index contributed by atoms with van der Waals surface area (Å²) in [6.07, 6.45) is -4.46. The summed E-state index contributed by atoms with van der Waals surface area (Å²) in [6.45, 7) is 0.354. The number of halogens is 4. The molecule has 0 fully saturated rings. The van der Waals surface area contributed by atoms with Crippen molar-refractivity contribution in [1.82, 2.24) is 9.55 Å². The van der Waals surface area contributed by atoms with E-state index in [4.69, 9.17) is 4.74 Å². The standard InChI is InChI=1S/C23H17F3IN3O2/c1-32-18-9-2-14(3-10-18)13-28-22-29-20-11-6-16(27)12-19(20)21(31)30(22)17-7-4-15(5-8-17)23(24,25)26/h2-12H,13H2,1H3,(H,28,29). The first-order valence-corrected chi connectivity index (χ1v) is 10.6. The summed E-state index contributed by atoms with van der Waals surface area (Å²) in [7, 11) is 1.58. The van der Waals surface area contributed by atoms with Gasteiger partial charge in [0.05, 0.1) is 29.3 Å². The van der Waals surface area contributed by atoms with Crippen LogP contribution in [-0.4, -0.2) is 16.7 Å². The van der Waals surface area contributed by atoms with E-state index in [1.807, 2.05) is 30.3 Å². The molecular weight excluding hydrogens is 534 g/mol. The molecule has 3 aromatic carbocycles. The molecule has 9 heteroatoms. The quantitative estimate of drug-likeness (QED) is 0.327. The summed E-state index contributed by atoms with van der Waals surface area (Å²) in [5.41, 5.74) is 0.543. The number of hydrogen-bond donors (Lipinski definition) is 1. The van der Waals surface area contributed by atoms with Crippen LogP contribution in [0, 0.1) is 3.57 Å². The van der Waals surface area contributed by atoms with Crippen molar-refractivity contribution in [3.8, 4) is 11.4 Å². The maximum atomic E-state index is 13.3. The zero-order valence-electron chi connectivity index (χ0n) is 16.8. The molecule has 32 heavy (non-hydrogen) atoms. The molecule has 0 saturated heterocycles. The minimum absolute atomic E-state index is 0.235.